The molecule has 2 rings (SSSR count). The number of hydrogen-bond acceptors (Lipinski definition) is 3. The van der Waals surface area contributed by atoms with Crippen molar-refractivity contribution in [3.05, 3.63) is 35.4 Å². The van der Waals surface area contributed by atoms with Crippen LogP contribution in [0, 0.1) is 11.8 Å². The van der Waals surface area contributed by atoms with Gasteiger partial charge in [0.05, 0.1) is 12.7 Å². The first-order chi connectivity index (χ1) is 13.8. The maximum Gasteiger partial charge on any atom is 0.416 e. The van der Waals surface area contributed by atoms with Crippen molar-refractivity contribution in [1.29, 1.82) is 0 Å². The van der Waals surface area contributed by atoms with Gasteiger partial charge in [-0.3, -0.25) is 0 Å². The molecule has 158 valence electrons. The minimum atomic E-state index is -4.39. The van der Waals surface area contributed by atoms with Gasteiger partial charge in [0.1, 0.15) is 6.54 Å². The standard InChI is InChI=1S/C20H25F3N4O2/c1-3-24-18(26-17-9-12-27(13-10-17)19(28)29-2)25-11-5-7-15-6-4-8-16(14-15)20(21,22)23/h4,6,8,14,17H,3,9-13H2,1-2H3,(H2,24,25,26). The Bertz CT molecular complexity index is 776. The lowest BCUT2D eigenvalue weighted by atomic mass is 10.1. The van der Waals surface area contributed by atoms with Crippen LogP contribution < -0.4 is 10.6 Å². The summed E-state index contributed by atoms with van der Waals surface area (Å²) >= 11 is 0. The molecule has 0 radical (unpaired) electrons. The van der Waals surface area contributed by atoms with Crippen molar-refractivity contribution in [2.75, 3.05) is 33.3 Å². The summed E-state index contributed by atoms with van der Waals surface area (Å²) in [5.41, 5.74) is -0.427. The second-order valence-electron chi connectivity index (χ2n) is 6.45. The summed E-state index contributed by atoms with van der Waals surface area (Å²) in [7, 11) is 1.36. The highest BCUT2D eigenvalue weighted by Gasteiger charge is 2.30. The average molecular weight is 410 g/mol. The second kappa shape index (κ2) is 10.6. The number of halogens is 3. The number of nitrogens with one attached hydrogen (secondary N) is 2. The molecule has 1 aliphatic rings. The lowest BCUT2D eigenvalue weighted by Crippen LogP contribution is -2.49. The maximum atomic E-state index is 12.7. The number of likely N-dealkylation sites (tertiary alicyclic amines) is 1. The fourth-order valence-corrected chi connectivity index (χ4v) is 2.88. The number of nitrogens with zero attached hydrogens (tertiary/aromatic N) is 2. The molecule has 0 atom stereocenters. The van der Waals surface area contributed by atoms with Crippen molar-refractivity contribution in [3.63, 3.8) is 0 Å². The third kappa shape index (κ3) is 7.22. The quantitative estimate of drug-likeness (QED) is 0.457. The van der Waals surface area contributed by atoms with Crippen molar-refractivity contribution in [3.8, 4) is 11.8 Å². The summed E-state index contributed by atoms with van der Waals surface area (Å²) in [5.74, 6) is 6.08. The minimum Gasteiger partial charge on any atom is -0.453 e. The normalized spacial score (nSPS) is 15.3. The summed E-state index contributed by atoms with van der Waals surface area (Å²) in [5, 5.41) is 6.43. The number of alkyl halides is 3. The van der Waals surface area contributed by atoms with E-state index < -0.39 is 11.7 Å². The summed E-state index contributed by atoms with van der Waals surface area (Å²) in [6.45, 7) is 3.93. The molecule has 0 spiro atoms. The van der Waals surface area contributed by atoms with Gasteiger partial charge in [-0.1, -0.05) is 17.9 Å². The Morgan fingerprint density at radius 3 is 2.69 bits per heavy atom. The second-order valence-corrected chi connectivity index (χ2v) is 6.45. The van der Waals surface area contributed by atoms with E-state index in [0.29, 0.717) is 31.2 Å². The summed E-state index contributed by atoms with van der Waals surface area (Å²) in [6, 6.07) is 5.06. The van der Waals surface area contributed by atoms with Crippen molar-refractivity contribution in [1.82, 2.24) is 15.5 Å². The summed E-state index contributed by atoms with van der Waals surface area (Å²) < 4.78 is 43.0. The third-order valence-corrected chi connectivity index (χ3v) is 4.35. The summed E-state index contributed by atoms with van der Waals surface area (Å²) in [6.07, 6.45) is -3.19. The molecule has 1 aliphatic heterocycles. The van der Waals surface area contributed by atoms with Crippen LogP contribution in [0.5, 0.6) is 0 Å². The first kappa shape index (κ1) is 22.4. The zero-order valence-corrected chi connectivity index (χ0v) is 16.5. The van der Waals surface area contributed by atoms with E-state index in [1.165, 1.54) is 19.2 Å². The number of piperidine rings is 1. The van der Waals surface area contributed by atoms with Crippen molar-refractivity contribution < 1.29 is 22.7 Å². The molecule has 0 saturated carbocycles. The molecule has 9 heteroatoms. The monoisotopic (exact) mass is 410 g/mol. The Morgan fingerprint density at radius 2 is 2.07 bits per heavy atom. The Morgan fingerprint density at radius 1 is 1.34 bits per heavy atom. The van der Waals surface area contributed by atoms with Gasteiger partial charge >= 0.3 is 12.3 Å². The van der Waals surface area contributed by atoms with Crippen LogP contribution in [-0.2, 0) is 10.9 Å². The van der Waals surface area contributed by atoms with Gasteiger partial charge in [-0.25, -0.2) is 9.79 Å². The SMILES string of the molecule is CCNC(=NCC#Cc1cccc(C(F)(F)F)c1)NC1CCN(C(=O)OC)CC1. The fraction of sp³-hybridized carbons (Fsp3) is 0.500. The van der Waals surface area contributed by atoms with Crippen LogP contribution in [0.25, 0.3) is 0 Å². The van der Waals surface area contributed by atoms with E-state index in [-0.39, 0.29) is 18.7 Å². The molecule has 29 heavy (non-hydrogen) atoms. The van der Waals surface area contributed by atoms with Gasteiger partial charge in [-0.15, -0.1) is 0 Å². The van der Waals surface area contributed by atoms with Crippen molar-refractivity contribution in [2.45, 2.75) is 32.0 Å². The highest BCUT2D eigenvalue weighted by molar-refractivity contribution is 5.80. The molecule has 1 aromatic rings. The molecule has 1 heterocycles. The molecule has 2 N–H and O–H groups in total. The number of ether oxygens (including phenoxy) is 1. The van der Waals surface area contributed by atoms with E-state index in [1.807, 2.05) is 6.92 Å². The Labute approximate surface area is 168 Å². The van der Waals surface area contributed by atoms with E-state index in [9.17, 15) is 18.0 Å². The number of aliphatic imine (C=N–C) groups is 1. The van der Waals surface area contributed by atoms with E-state index in [4.69, 9.17) is 4.74 Å². The van der Waals surface area contributed by atoms with Crippen LogP contribution in [0.1, 0.15) is 30.9 Å². The van der Waals surface area contributed by atoms with Gasteiger partial charge in [-0.05, 0) is 38.0 Å². The molecule has 1 aromatic carbocycles. The van der Waals surface area contributed by atoms with E-state index in [1.54, 1.807) is 4.90 Å². The minimum absolute atomic E-state index is 0.145. The molecule has 0 aromatic heterocycles. The van der Waals surface area contributed by atoms with Crippen LogP contribution >= 0.6 is 0 Å². The van der Waals surface area contributed by atoms with Gasteiger partial charge in [-0.2, -0.15) is 13.2 Å². The third-order valence-electron chi connectivity index (χ3n) is 4.35. The lowest BCUT2D eigenvalue weighted by Gasteiger charge is -2.32. The molecule has 1 saturated heterocycles. The number of carbonyl (C=O) groups is 1. The summed E-state index contributed by atoms with van der Waals surface area (Å²) in [4.78, 5) is 17.5. The maximum absolute atomic E-state index is 12.7. The van der Waals surface area contributed by atoms with Gasteiger partial charge < -0.3 is 20.3 Å². The molecule has 0 unspecified atom stereocenters. The fourth-order valence-electron chi connectivity index (χ4n) is 2.88. The van der Waals surface area contributed by atoms with E-state index >= 15 is 0 Å². The molecular weight excluding hydrogens is 385 g/mol. The smallest absolute Gasteiger partial charge is 0.416 e. The largest absolute Gasteiger partial charge is 0.453 e. The molecule has 6 nitrogen and oxygen atoms in total. The molecular formula is C20H25F3N4O2. The van der Waals surface area contributed by atoms with Crippen molar-refractivity contribution >= 4 is 12.1 Å². The highest BCUT2D eigenvalue weighted by Crippen LogP contribution is 2.29. The van der Waals surface area contributed by atoms with Crippen LogP contribution in [0.15, 0.2) is 29.3 Å². The number of guanidine groups is 1. The van der Waals surface area contributed by atoms with E-state index in [0.717, 1.165) is 25.0 Å². The van der Waals surface area contributed by atoms with Gasteiger partial charge in [0.25, 0.3) is 0 Å². The van der Waals surface area contributed by atoms with Gasteiger partial charge in [0, 0.05) is 31.2 Å². The Kier molecular flexibility index (Phi) is 8.19. The number of rotatable bonds is 3. The first-order valence-corrected chi connectivity index (χ1v) is 9.37. The lowest BCUT2D eigenvalue weighted by molar-refractivity contribution is -0.137. The number of benzene rings is 1. The van der Waals surface area contributed by atoms with Crippen LogP contribution in [-0.4, -0.2) is 56.3 Å². The zero-order chi connectivity index (χ0) is 21.3. The topological polar surface area (TPSA) is 66.0 Å². The van der Waals surface area contributed by atoms with Crippen LogP contribution in [0.3, 0.4) is 0 Å². The molecule has 0 aliphatic carbocycles. The molecule has 1 fully saturated rings. The Balaban J connectivity index is 1.92. The van der Waals surface area contributed by atoms with Gasteiger partial charge in [0.2, 0.25) is 0 Å². The zero-order valence-electron chi connectivity index (χ0n) is 16.5. The predicted molar refractivity (Wildman–Crippen MR) is 104 cm³/mol. The van der Waals surface area contributed by atoms with Gasteiger partial charge in [0.15, 0.2) is 5.96 Å². The molecule has 0 bridgehead atoms. The van der Waals surface area contributed by atoms with E-state index in [2.05, 4.69) is 27.5 Å². The average Bonchev–Trinajstić information content (AvgIpc) is 2.71. The van der Waals surface area contributed by atoms with Crippen molar-refractivity contribution in [2.24, 2.45) is 4.99 Å². The molecule has 1 amide bonds. The number of carbonyl (C=O) groups excluding carboxylic acids is 1. The number of methoxy groups -OCH3 is 1. The number of hydrogen-bond donors (Lipinski definition) is 2. The Hall–Kier alpha value is -2.89. The number of amides is 1. The first-order valence-electron chi connectivity index (χ1n) is 9.37. The van der Waals surface area contributed by atoms with Crippen LogP contribution in [0.2, 0.25) is 0 Å². The van der Waals surface area contributed by atoms with Crippen LogP contribution in [0.4, 0.5) is 18.0 Å². The highest BCUT2D eigenvalue weighted by atomic mass is 19.4. The predicted octanol–water partition coefficient (Wildman–Crippen LogP) is 2.84.